The summed E-state index contributed by atoms with van der Waals surface area (Å²) < 4.78 is 27.1. The Labute approximate surface area is 95.4 Å². The molecule has 0 saturated carbocycles. The van der Waals surface area contributed by atoms with Crippen LogP contribution in [0.4, 0.5) is 8.78 Å². The van der Waals surface area contributed by atoms with Gasteiger partial charge in [-0.3, -0.25) is 0 Å². The van der Waals surface area contributed by atoms with E-state index < -0.39 is 24.4 Å². The third-order valence-electron chi connectivity index (χ3n) is 2.57. The maximum Gasteiger partial charge on any atom is 0.349 e. The highest BCUT2D eigenvalue weighted by atomic mass is 19.3. The van der Waals surface area contributed by atoms with Gasteiger partial charge in [-0.15, -0.1) is 0 Å². The molecule has 0 fully saturated rings. The first-order chi connectivity index (χ1) is 8.02. The van der Waals surface area contributed by atoms with Crippen LogP contribution in [0, 0.1) is 6.92 Å². The van der Waals surface area contributed by atoms with Crippen molar-refractivity contribution in [3.63, 3.8) is 0 Å². The van der Waals surface area contributed by atoms with Crippen molar-refractivity contribution in [1.82, 2.24) is 4.40 Å². The molecule has 0 aromatic carbocycles. The van der Waals surface area contributed by atoms with Crippen molar-refractivity contribution < 1.29 is 18.5 Å². The number of fused-ring (bicyclic) bond motifs is 1. The quantitative estimate of drug-likeness (QED) is 0.793. The first-order valence-electron chi connectivity index (χ1n) is 5.03. The Kier molecular flexibility index (Phi) is 2.79. The fraction of sp³-hybridized carbons (Fsp3) is 0.273. The van der Waals surface area contributed by atoms with Gasteiger partial charge in [0, 0.05) is 6.07 Å². The van der Waals surface area contributed by atoms with E-state index in [-0.39, 0.29) is 11.2 Å². The molecule has 17 heavy (non-hydrogen) atoms. The normalized spacial score (nSPS) is 11.3. The van der Waals surface area contributed by atoms with E-state index in [0.29, 0.717) is 0 Å². The van der Waals surface area contributed by atoms with Crippen LogP contribution in [0.5, 0.6) is 5.88 Å². The molecule has 0 aliphatic heterocycles. The van der Waals surface area contributed by atoms with E-state index >= 15 is 0 Å². The second-order valence-corrected chi connectivity index (χ2v) is 3.68. The van der Waals surface area contributed by atoms with E-state index in [1.807, 2.05) is 0 Å². The fourth-order valence-electron chi connectivity index (χ4n) is 1.73. The maximum absolute atomic E-state index is 12.4. The first kappa shape index (κ1) is 11.5. The number of rotatable bonds is 2. The summed E-state index contributed by atoms with van der Waals surface area (Å²) in [7, 11) is 0. The summed E-state index contributed by atoms with van der Waals surface area (Å²) >= 11 is 0. The molecule has 2 heterocycles. The van der Waals surface area contributed by atoms with Crippen LogP contribution in [0.15, 0.2) is 29.2 Å². The monoisotopic (exact) mass is 241 g/mol. The molecule has 0 unspecified atom stereocenters. The second kappa shape index (κ2) is 4.12. The molecule has 0 saturated heterocycles. The van der Waals surface area contributed by atoms with E-state index in [4.69, 9.17) is 0 Å². The number of pyridine rings is 1. The van der Waals surface area contributed by atoms with Gasteiger partial charge in [-0.05, 0) is 13.0 Å². The van der Waals surface area contributed by atoms with Gasteiger partial charge in [-0.2, -0.15) is 8.97 Å². The zero-order valence-electron chi connectivity index (χ0n) is 9.10. The molecule has 0 aliphatic carbocycles. The Balaban J connectivity index is 2.85. The van der Waals surface area contributed by atoms with Crippen LogP contribution in [0.25, 0.3) is 5.65 Å². The Bertz CT molecular complexity index is 623. The zero-order valence-corrected chi connectivity index (χ0v) is 9.10. The van der Waals surface area contributed by atoms with Crippen molar-refractivity contribution >= 4 is 5.65 Å². The average molecular weight is 241 g/mol. The Hall–Kier alpha value is -1.98. The van der Waals surface area contributed by atoms with Crippen molar-refractivity contribution in [2.24, 2.45) is 0 Å². The van der Waals surface area contributed by atoms with Crippen LogP contribution in [-0.2, 0) is 6.54 Å². The fourth-order valence-corrected chi connectivity index (χ4v) is 1.73. The molecule has 0 amide bonds. The van der Waals surface area contributed by atoms with Gasteiger partial charge < -0.3 is 5.11 Å². The van der Waals surface area contributed by atoms with Crippen molar-refractivity contribution in [2.75, 3.05) is 0 Å². The largest absolute Gasteiger partial charge is 0.477 e. The summed E-state index contributed by atoms with van der Waals surface area (Å²) in [5, 5.41) is 9.74. The Morgan fingerprint density at radius 1 is 1.47 bits per heavy atom. The second-order valence-electron chi connectivity index (χ2n) is 3.68. The lowest BCUT2D eigenvalue weighted by atomic mass is 10.3. The van der Waals surface area contributed by atoms with Crippen LogP contribution < -0.4 is 10.1 Å². The predicted octanol–water partition coefficient (Wildman–Crippen LogP) is 0.866. The summed E-state index contributed by atoms with van der Waals surface area (Å²) in [6, 6.07) is 4.74. The third-order valence-corrected chi connectivity index (χ3v) is 2.57. The van der Waals surface area contributed by atoms with Crippen molar-refractivity contribution in [2.45, 2.75) is 19.9 Å². The zero-order chi connectivity index (χ0) is 12.6. The highest BCUT2D eigenvalue weighted by molar-refractivity contribution is 5.34. The molecule has 4 nitrogen and oxygen atoms in total. The minimum absolute atomic E-state index is 0.0503. The van der Waals surface area contributed by atoms with Crippen LogP contribution in [-0.4, -0.2) is 15.9 Å². The highest BCUT2D eigenvalue weighted by Gasteiger charge is 2.22. The number of hydrogen-bond acceptors (Lipinski definition) is 2. The average Bonchev–Trinajstić information content (AvgIpc) is 2.31. The van der Waals surface area contributed by atoms with E-state index in [0.717, 1.165) is 4.57 Å². The number of aromatic hydroxyl groups is 1. The van der Waals surface area contributed by atoms with Gasteiger partial charge in [0.05, 0.1) is 6.20 Å². The van der Waals surface area contributed by atoms with Gasteiger partial charge in [0.25, 0.3) is 18.0 Å². The molecule has 6 heteroatoms. The van der Waals surface area contributed by atoms with Gasteiger partial charge in [0.1, 0.15) is 5.56 Å². The third kappa shape index (κ3) is 1.86. The summed E-state index contributed by atoms with van der Waals surface area (Å²) in [6.45, 7) is 0.750. The van der Waals surface area contributed by atoms with Crippen LogP contribution in [0.1, 0.15) is 5.56 Å². The standard InChI is InChI=1S/C11H10F2N2O2/c1-7-10(16)14-5-3-2-4-9(14)15(11(7)17)6-8(12)13/h2-5,8H,6H2,1H3/p+1. The molecule has 2 aromatic heterocycles. The lowest BCUT2D eigenvalue weighted by Gasteiger charge is -2.06. The minimum atomic E-state index is -2.60. The SMILES string of the molecule is Cc1c(O)[n+](CC(F)F)c2ccccn2c1=O. The Morgan fingerprint density at radius 3 is 2.82 bits per heavy atom. The molecule has 2 aromatic rings. The number of halogens is 2. The first-order valence-corrected chi connectivity index (χ1v) is 5.03. The van der Waals surface area contributed by atoms with E-state index in [1.165, 1.54) is 23.6 Å². The van der Waals surface area contributed by atoms with Crippen LogP contribution in [0.2, 0.25) is 0 Å². The van der Waals surface area contributed by atoms with E-state index in [2.05, 4.69) is 0 Å². The molecule has 0 atom stereocenters. The van der Waals surface area contributed by atoms with Crippen molar-refractivity contribution in [3.05, 3.63) is 40.3 Å². The predicted molar refractivity (Wildman–Crippen MR) is 56.3 cm³/mol. The number of alkyl halides is 2. The molecule has 0 spiro atoms. The number of aromatic nitrogens is 2. The number of nitrogens with zero attached hydrogens (tertiary/aromatic N) is 2. The lowest BCUT2D eigenvalue weighted by molar-refractivity contribution is -0.690. The topological polar surface area (TPSA) is 45.6 Å². The summed E-state index contributed by atoms with van der Waals surface area (Å²) in [6.07, 6.45) is -1.13. The van der Waals surface area contributed by atoms with Crippen LogP contribution >= 0.6 is 0 Å². The van der Waals surface area contributed by atoms with Gasteiger partial charge in [0.2, 0.25) is 0 Å². The van der Waals surface area contributed by atoms with Gasteiger partial charge >= 0.3 is 5.56 Å². The highest BCUT2D eigenvalue weighted by Crippen LogP contribution is 2.09. The Morgan fingerprint density at radius 2 is 2.18 bits per heavy atom. The number of hydrogen-bond donors (Lipinski definition) is 1. The van der Waals surface area contributed by atoms with Crippen LogP contribution in [0.3, 0.4) is 0 Å². The van der Waals surface area contributed by atoms with Gasteiger partial charge in [-0.25, -0.2) is 13.6 Å². The molecule has 0 radical (unpaired) electrons. The lowest BCUT2D eigenvalue weighted by Crippen LogP contribution is -2.43. The summed E-state index contributed by atoms with van der Waals surface area (Å²) in [5.41, 5.74) is -0.126. The molecule has 2 rings (SSSR count). The molecule has 1 N–H and O–H groups in total. The molecular weight excluding hydrogens is 230 g/mol. The van der Waals surface area contributed by atoms with Gasteiger partial charge in [-0.1, -0.05) is 6.07 Å². The maximum atomic E-state index is 12.4. The molecular formula is C11H11F2N2O2+. The molecule has 90 valence electrons. The molecule has 0 bridgehead atoms. The van der Waals surface area contributed by atoms with E-state index in [9.17, 15) is 18.7 Å². The van der Waals surface area contributed by atoms with Gasteiger partial charge in [0.15, 0.2) is 6.54 Å². The molecule has 0 aliphatic rings. The van der Waals surface area contributed by atoms with E-state index in [1.54, 1.807) is 12.1 Å². The minimum Gasteiger partial charge on any atom is -0.477 e. The summed E-state index contributed by atoms with van der Waals surface area (Å²) in [5.74, 6) is -0.415. The summed E-state index contributed by atoms with van der Waals surface area (Å²) in [4.78, 5) is 11.8. The smallest absolute Gasteiger partial charge is 0.349 e. The van der Waals surface area contributed by atoms with Crippen molar-refractivity contribution in [3.8, 4) is 5.88 Å². The van der Waals surface area contributed by atoms with Crippen molar-refractivity contribution in [1.29, 1.82) is 0 Å².